The Morgan fingerprint density at radius 3 is 2.91 bits per heavy atom. The number of ether oxygens (including phenoxy) is 1. The monoisotopic (exact) mass is 338 g/mol. The average molecular weight is 339 g/mol. The van der Waals surface area contributed by atoms with Crippen LogP contribution >= 0.6 is 11.6 Å². The van der Waals surface area contributed by atoms with Crippen LogP contribution in [0.15, 0.2) is 24.3 Å². The van der Waals surface area contributed by atoms with E-state index in [0.29, 0.717) is 36.8 Å². The number of nitrogens with zero attached hydrogens (tertiary/aromatic N) is 1. The van der Waals surface area contributed by atoms with Crippen LogP contribution < -0.4 is 5.32 Å². The van der Waals surface area contributed by atoms with E-state index in [0.717, 1.165) is 19.4 Å². The maximum Gasteiger partial charge on any atom is 0.310 e. The third-order valence-electron chi connectivity index (χ3n) is 3.93. The Morgan fingerprint density at radius 2 is 2.17 bits per heavy atom. The van der Waals surface area contributed by atoms with Gasteiger partial charge in [0.15, 0.2) is 0 Å². The Bertz CT molecular complexity index is 550. The van der Waals surface area contributed by atoms with Gasteiger partial charge in [-0.3, -0.25) is 9.59 Å². The maximum absolute atomic E-state index is 12.0. The van der Waals surface area contributed by atoms with E-state index in [1.165, 1.54) is 0 Å². The van der Waals surface area contributed by atoms with Gasteiger partial charge in [0.1, 0.15) is 0 Å². The third-order valence-corrected chi connectivity index (χ3v) is 4.26. The first-order chi connectivity index (χ1) is 11.1. The van der Waals surface area contributed by atoms with Gasteiger partial charge in [-0.15, -0.1) is 0 Å². The van der Waals surface area contributed by atoms with Crippen molar-refractivity contribution in [1.82, 2.24) is 4.90 Å². The van der Waals surface area contributed by atoms with Crippen LogP contribution in [0.4, 0.5) is 5.69 Å². The van der Waals surface area contributed by atoms with Crippen LogP contribution in [-0.4, -0.2) is 43.0 Å². The predicted molar refractivity (Wildman–Crippen MR) is 90.5 cm³/mol. The van der Waals surface area contributed by atoms with Crippen LogP contribution in [0, 0.1) is 5.92 Å². The molecule has 1 aromatic rings. The molecule has 0 bridgehead atoms. The molecule has 1 atom stereocenters. The number of benzene rings is 1. The highest BCUT2D eigenvalue weighted by atomic mass is 35.5. The molecule has 5 nitrogen and oxygen atoms in total. The zero-order chi connectivity index (χ0) is 16.7. The number of carbonyl (C=O) groups is 2. The maximum atomic E-state index is 12.0. The molecule has 0 unspecified atom stereocenters. The molecule has 0 aliphatic carbocycles. The summed E-state index contributed by atoms with van der Waals surface area (Å²) in [6.45, 7) is 4.44. The van der Waals surface area contributed by atoms with Gasteiger partial charge in [0.2, 0.25) is 5.91 Å². The average Bonchev–Trinajstić information content (AvgIpc) is 2.56. The van der Waals surface area contributed by atoms with Crippen molar-refractivity contribution >= 4 is 29.2 Å². The Balaban J connectivity index is 1.77. The number of nitrogens with one attached hydrogen (secondary N) is 1. The van der Waals surface area contributed by atoms with Crippen molar-refractivity contribution in [3.8, 4) is 0 Å². The quantitative estimate of drug-likeness (QED) is 0.810. The van der Waals surface area contributed by atoms with Gasteiger partial charge in [-0.25, -0.2) is 0 Å². The first-order valence-electron chi connectivity index (χ1n) is 8.03. The molecule has 0 saturated carbocycles. The van der Waals surface area contributed by atoms with Gasteiger partial charge in [-0.2, -0.15) is 0 Å². The molecule has 1 aliphatic rings. The van der Waals surface area contributed by atoms with E-state index in [-0.39, 0.29) is 17.8 Å². The summed E-state index contributed by atoms with van der Waals surface area (Å²) in [6, 6.07) is 7.17. The number of amides is 1. The van der Waals surface area contributed by atoms with Gasteiger partial charge in [0, 0.05) is 19.5 Å². The number of halogens is 1. The number of esters is 1. The third kappa shape index (κ3) is 5.52. The summed E-state index contributed by atoms with van der Waals surface area (Å²) in [7, 11) is 0. The fraction of sp³-hybridized carbons (Fsp3) is 0.529. The minimum atomic E-state index is -0.127. The van der Waals surface area contributed by atoms with E-state index >= 15 is 0 Å². The van der Waals surface area contributed by atoms with Crippen molar-refractivity contribution in [3.63, 3.8) is 0 Å². The van der Waals surface area contributed by atoms with E-state index in [1.807, 2.05) is 19.1 Å². The van der Waals surface area contributed by atoms with E-state index in [9.17, 15) is 9.59 Å². The first-order valence-corrected chi connectivity index (χ1v) is 8.41. The topological polar surface area (TPSA) is 58.6 Å². The molecule has 23 heavy (non-hydrogen) atoms. The number of likely N-dealkylation sites (tertiary alicyclic amines) is 1. The van der Waals surface area contributed by atoms with Crippen molar-refractivity contribution in [2.75, 3.05) is 31.6 Å². The molecule has 1 aliphatic heterocycles. The summed E-state index contributed by atoms with van der Waals surface area (Å²) in [5.74, 6) is -0.274. The molecule has 1 aromatic carbocycles. The number of piperidine rings is 1. The van der Waals surface area contributed by atoms with Gasteiger partial charge < -0.3 is 15.0 Å². The number of anilines is 1. The lowest BCUT2D eigenvalue weighted by Crippen LogP contribution is -2.40. The Hall–Kier alpha value is -1.59. The number of para-hydroxylation sites is 1. The molecule has 1 amide bonds. The smallest absolute Gasteiger partial charge is 0.310 e. The Labute approximate surface area is 141 Å². The highest BCUT2D eigenvalue weighted by Gasteiger charge is 2.26. The van der Waals surface area contributed by atoms with Crippen molar-refractivity contribution in [1.29, 1.82) is 0 Å². The molecule has 1 fully saturated rings. The van der Waals surface area contributed by atoms with Crippen molar-refractivity contribution in [2.45, 2.75) is 26.2 Å². The predicted octanol–water partition coefficient (Wildman–Crippen LogP) is 2.94. The SMILES string of the molecule is CCOC(=O)[C@@H]1CCCN(CCC(=O)Nc2ccccc2Cl)C1. The summed E-state index contributed by atoms with van der Waals surface area (Å²) < 4.78 is 5.09. The summed E-state index contributed by atoms with van der Waals surface area (Å²) in [6.07, 6.45) is 2.19. The number of hydrogen-bond donors (Lipinski definition) is 1. The Morgan fingerprint density at radius 1 is 1.39 bits per heavy atom. The zero-order valence-corrected chi connectivity index (χ0v) is 14.1. The molecule has 1 saturated heterocycles. The molecule has 2 rings (SSSR count). The van der Waals surface area contributed by atoms with Crippen molar-refractivity contribution in [2.24, 2.45) is 5.92 Å². The molecule has 1 N–H and O–H groups in total. The second-order valence-electron chi connectivity index (χ2n) is 5.67. The fourth-order valence-electron chi connectivity index (χ4n) is 2.75. The van der Waals surface area contributed by atoms with Gasteiger partial charge in [-0.1, -0.05) is 23.7 Å². The molecule has 1 heterocycles. The van der Waals surface area contributed by atoms with Crippen LogP contribution in [0.5, 0.6) is 0 Å². The van der Waals surface area contributed by atoms with Gasteiger partial charge >= 0.3 is 5.97 Å². The van der Waals surface area contributed by atoms with Gasteiger partial charge in [0.25, 0.3) is 0 Å². The lowest BCUT2D eigenvalue weighted by atomic mass is 9.98. The van der Waals surface area contributed by atoms with Crippen molar-refractivity contribution in [3.05, 3.63) is 29.3 Å². The summed E-state index contributed by atoms with van der Waals surface area (Å²) in [4.78, 5) is 26.0. The van der Waals surface area contributed by atoms with E-state index in [1.54, 1.807) is 12.1 Å². The summed E-state index contributed by atoms with van der Waals surface area (Å²) in [5.41, 5.74) is 0.627. The second kappa shape index (κ2) is 8.89. The second-order valence-corrected chi connectivity index (χ2v) is 6.08. The van der Waals surface area contributed by atoms with Crippen LogP contribution in [0.2, 0.25) is 5.02 Å². The molecular weight excluding hydrogens is 316 g/mol. The lowest BCUT2D eigenvalue weighted by molar-refractivity contribution is -0.149. The minimum Gasteiger partial charge on any atom is -0.466 e. The Kier molecular flexibility index (Phi) is 6.86. The standard InChI is InChI=1S/C17H23ClN2O3/c1-2-23-17(22)13-6-5-10-20(12-13)11-9-16(21)19-15-8-4-3-7-14(15)18/h3-4,7-8,13H,2,5-6,9-12H2,1H3,(H,19,21)/t13-/m1/s1. The van der Waals surface area contributed by atoms with Crippen LogP contribution in [0.1, 0.15) is 26.2 Å². The minimum absolute atomic E-state index is 0.0728. The van der Waals surface area contributed by atoms with Crippen LogP contribution in [0.3, 0.4) is 0 Å². The highest BCUT2D eigenvalue weighted by molar-refractivity contribution is 6.33. The molecule has 0 spiro atoms. The largest absolute Gasteiger partial charge is 0.466 e. The molecule has 126 valence electrons. The van der Waals surface area contributed by atoms with E-state index in [2.05, 4.69) is 10.2 Å². The van der Waals surface area contributed by atoms with Crippen molar-refractivity contribution < 1.29 is 14.3 Å². The summed E-state index contributed by atoms with van der Waals surface area (Å²) >= 11 is 6.02. The molecule has 0 aromatic heterocycles. The van der Waals surface area contributed by atoms with E-state index < -0.39 is 0 Å². The fourth-order valence-corrected chi connectivity index (χ4v) is 2.93. The van der Waals surface area contributed by atoms with Gasteiger partial charge in [0.05, 0.1) is 23.2 Å². The summed E-state index contributed by atoms with van der Waals surface area (Å²) in [5, 5.41) is 3.34. The lowest BCUT2D eigenvalue weighted by Gasteiger charge is -2.31. The molecule has 6 heteroatoms. The molecule has 0 radical (unpaired) electrons. The highest BCUT2D eigenvalue weighted by Crippen LogP contribution is 2.21. The van der Waals surface area contributed by atoms with E-state index in [4.69, 9.17) is 16.3 Å². The zero-order valence-electron chi connectivity index (χ0n) is 13.4. The van der Waals surface area contributed by atoms with Crippen LogP contribution in [-0.2, 0) is 14.3 Å². The normalized spacial score (nSPS) is 18.4. The van der Waals surface area contributed by atoms with Crippen LogP contribution in [0.25, 0.3) is 0 Å². The van der Waals surface area contributed by atoms with Gasteiger partial charge in [-0.05, 0) is 38.4 Å². The first kappa shape index (κ1) is 17.8. The number of carbonyl (C=O) groups excluding carboxylic acids is 2. The number of rotatable bonds is 6. The number of hydrogen-bond acceptors (Lipinski definition) is 4. The molecular formula is C17H23ClN2O3.